The second-order valence-electron chi connectivity index (χ2n) is 8.49. The molecule has 0 aromatic carbocycles. The summed E-state index contributed by atoms with van der Waals surface area (Å²) in [4.78, 5) is 21.5. The summed E-state index contributed by atoms with van der Waals surface area (Å²) in [6, 6.07) is 0. The highest BCUT2D eigenvalue weighted by molar-refractivity contribution is 8.13. The second-order valence-corrected chi connectivity index (χ2v) is 9.61. The Balaban J connectivity index is 1.67. The van der Waals surface area contributed by atoms with Crippen LogP contribution in [-0.2, 0) is 0 Å². The number of hydrogen-bond donors (Lipinski definition) is 2. The van der Waals surface area contributed by atoms with E-state index in [-0.39, 0.29) is 16.9 Å². The lowest BCUT2D eigenvalue weighted by atomic mass is 9.62. The van der Waals surface area contributed by atoms with Crippen molar-refractivity contribution >= 4 is 22.8 Å². The topological polar surface area (TPSA) is 93.5 Å². The van der Waals surface area contributed by atoms with Crippen LogP contribution in [0.3, 0.4) is 0 Å². The molecule has 1 aromatic heterocycles. The van der Waals surface area contributed by atoms with E-state index in [1.807, 2.05) is 0 Å². The Morgan fingerprint density at radius 1 is 1.37 bits per heavy atom. The molecule has 0 radical (unpaired) electrons. The van der Waals surface area contributed by atoms with Crippen LogP contribution < -0.4 is 11.1 Å². The number of fused-ring (bicyclic) bond motifs is 1. The zero-order chi connectivity index (χ0) is 19.2. The highest BCUT2D eigenvalue weighted by Crippen LogP contribution is 2.52. The molecule has 1 amide bonds. The maximum absolute atomic E-state index is 12.5. The first kappa shape index (κ1) is 18.3. The number of nitrogens with zero attached hydrogens (tertiary/aromatic N) is 2. The molecule has 1 atom stereocenters. The molecule has 0 saturated carbocycles. The van der Waals surface area contributed by atoms with Crippen molar-refractivity contribution < 1.29 is 9.21 Å². The molecule has 6 nitrogen and oxygen atoms in total. The summed E-state index contributed by atoms with van der Waals surface area (Å²) in [5.41, 5.74) is 10.0. The Bertz CT molecular complexity index is 880. The lowest BCUT2D eigenvalue weighted by molar-refractivity contribution is 0.0959. The number of hydrogen-bond acceptors (Lipinski definition) is 6. The van der Waals surface area contributed by atoms with Gasteiger partial charge in [0.25, 0.3) is 5.91 Å². The molecule has 1 unspecified atom stereocenters. The molecule has 144 valence electrons. The number of rotatable bonds is 2. The Morgan fingerprint density at radius 3 is 2.89 bits per heavy atom. The average molecular weight is 387 g/mol. The number of oxazole rings is 1. The van der Waals surface area contributed by atoms with Crippen LogP contribution >= 0.6 is 11.8 Å². The highest BCUT2D eigenvalue weighted by Gasteiger charge is 2.46. The van der Waals surface area contributed by atoms with Crippen LogP contribution in [-0.4, -0.2) is 27.4 Å². The normalized spacial score (nSPS) is 27.1. The largest absolute Gasteiger partial charge is 0.448 e. The van der Waals surface area contributed by atoms with Crippen LogP contribution in [0.25, 0.3) is 0 Å². The molecule has 0 bridgehead atoms. The average Bonchev–Trinajstić information content (AvgIpc) is 3.01. The smallest absolute Gasteiger partial charge is 0.277 e. The standard InChI is InChI=1S/C20H26N4O2S/c1-12-22-16(10-26-12)17(25)23-14-5-4-13-9-19(2,3)11-20(15(13)8-14)6-7-27-18(21)24-20/h8,10H,4-7,9,11H2,1-3H3,(H2,21,24)(H,23,25). The third-order valence-electron chi connectivity index (χ3n) is 5.58. The van der Waals surface area contributed by atoms with E-state index in [1.165, 1.54) is 17.4 Å². The van der Waals surface area contributed by atoms with E-state index < -0.39 is 0 Å². The number of allylic oxidation sites excluding steroid dienone is 2. The summed E-state index contributed by atoms with van der Waals surface area (Å²) in [6.45, 7) is 6.37. The van der Waals surface area contributed by atoms with Crippen LogP contribution in [0.15, 0.2) is 38.6 Å². The Labute approximate surface area is 163 Å². The number of aromatic nitrogens is 1. The molecule has 2 heterocycles. The zero-order valence-corrected chi connectivity index (χ0v) is 16.9. The first-order chi connectivity index (χ1) is 12.8. The molecule has 4 rings (SSSR count). The van der Waals surface area contributed by atoms with Crippen LogP contribution in [0, 0.1) is 12.3 Å². The van der Waals surface area contributed by atoms with Crippen LogP contribution in [0.5, 0.6) is 0 Å². The van der Waals surface area contributed by atoms with Crippen LogP contribution in [0.1, 0.15) is 62.3 Å². The Kier molecular flexibility index (Phi) is 4.45. The first-order valence-electron chi connectivity index (χ1n) is 9.41. The molecule has 2 aliphatic carbocycles. The number of amides is 1. The van der Waals surface area contributed by atoms with Crippen molar-refractivity contribution in [3.8, 4) is 0 Å². The molecular formula is C20H26N4O2S. The van der Waals surface area contributed by atoms with Gasteiger partial charge in [0.1, 0.15) is 6.26 Å². The van der Waals surface area contributed by atoms with Crippen molar-refractivity contribution in [1.29, 1.82) is 0 Å². The van der Waals surface area contributed by atoms with Gasteiger partial charge in [-0.25, -0.2) is 4.98 Å². The number of nitrogens with one attached hydrogen (secondary N) is 1. The van der Waals surface area contributed by atoms with Crippen LogP contribution in [0.4, 0.5) is 0 Å². The first-order valence-corrected chi connectivity index (χ1v) is 10.4. The van der Waals surface area contributed by atoms with Gasteiger partial charge < -0.3 is 15.5 Å². The van der Waals surface area contributed by atoms with Crippen molar-refractivity contribution in [1.82, 2.24) is 10.3 Å². The molecule has 1 aromatic rings. The lowest BCUT2D eigenvalue weighted by Gasteiger charge is -2.47. The number of carbonyl (C=O) groups excluding carboxylic acids is 1. The third kappa shape index (κ3) is 3.57. The molecule has 0 fully saturated rings. The fourth-order valence-electron chi connectivity index (χ4n) is 4.67. The van der Waals surface area contributed by atoms with Crippen molar-refractivity contribution in [2.75, 3.05) is 5.75 Å². The van der Waals surface area contributed by atoms with Gasteiger partial charge in [0, 0.05) is 18.4 Å². The summed E-state index contributed by atoms with van der Waals surface area (Å²) in [5.74, 6) is 1.24. The molecule has 1 spiro atoms. The lowest BCUT2D eigenvalue weighted by Crippen LogP contribution is -2.44. The molecular weight excluding hydrogens is 360 g/mol. The van der Waals surface area contributed by atoms with Gasteiger partial charge >= 0.3 is 0 Å². The van der Waals surface area contributed by atoms with Gasteiger partial charge in [-0.05, 0) is 49.2 Å². The number of thioether (sulfide) groups is 1. The van der Waals surface area contributed by atoms with Crippen LogP contribution in [0.2, 0.25) is 0 Å². The molecule has 3 aliphatic rings. The van der Waals surface area contributed by atoms with Gasteiger partial charge in [-0.15, -0.1) is 0 Å². The van der Waals surface area contributed by atoms with E-state index in [4.69, 9.17) is 15.1 Å². The molecule has 7 heteroatoms. The summed E-state index contributed by atoms with van der Waals surface area (Å²) in [5, 5.41) is 3.69. The van der Waals surface area contributed by atoms with E-state index in [0.717, 1.165) is 43.6 Å². The van der Waals surface area contributed by atoms with E-state index >= 15 is 0 Å². The maximum Gasteiger partial charge on any atom is 0.277 e. The minimum Gasteiger partial charge on any atom is -0.448 e. The molecule has 3 N–H and O–H groups in total. The predicted molar refractivity (Wildman–Crippen MR) is 107 cm³/mol. The Morgan fingerprint density at radius 2 is 2.19 bits per heavy atom. The van der Waals surface area contributed by atoms with E-state index in [2.05, 4.69) is 30.2 Å². The van der Waals surface area contributed by atoms with Crippen molar-refractivity contribution in [3.05, 3.63) is 40.8 Å². The third-order valence-corrected chi connectivity index (χ3v) is 6.37. The van der Waals surface area contributed by atoms with E-state index in [0.29, 0.717) is 16.8 Å². The summed E-state index contributed by atoms with van der Waals surface area (Å²) in [7, 11) is 0. The summed E-state index contributed by atoms with van der Waals surface area (Å²) in [6.07, 6.45) is 8.36. The van der Waals surface area contributed by atoms with Crippen molar-refractivity contribution in [3.63, 3.8) is 0 Å². The highest BCUT2D eigenvalue weighted by atomic mass is 32.2. The second kappa shape index (κ2) is 6.55. The molecule has 1 aliphatic heterocycles. The zero-order valence-electron chi connectivity index (χ0n) is 16.1. The Hall–Kier alpha value is -2.02. The maximum atomic E-state index is 12.5. The predicted octanol–water partition coefficient (Wildman–Crippen LogP) is 3.70. The number of aryl methyl sites for hydroxylation is 1. The number of aliphatic imine (C=N–C) groups is 1. The summed E-state index contributed by atoms with van der Waals surface area (Å²) >= 11 is 1.63. The van der Waals surface area contributed by atoms with Gasteiger partial charge in [0.2, 0.25) is 0 Å². The van der Waals surface area contributed by atoms with Gasteiger partial charge in [0.05, 0.1) is 5.54 Å². The molecule has 27 heavy (non-hydrogen) atoms. The van der Waals surface area contributed by atoms with E-state index in [9.17, 15) is 4.79 Å². The molecule has 0 saturated heterocycles. The number of amidine groups is 1. The van der Waals surface area contributed by atoms with Crippen molar-refractivity contribution in [2.24, 2.45) is 16.1 Å². The SMILES string of the molecule is Cc1nc(C(=O)NC2=CC3=C(CC2)CC(C)(C)CC32CCSC(N)=N2)co1. The fraction of sp³-hybridized carbons (Fsp3) is 0.550. The van der Waals surface area contributed by atoms with Gasteiger partial charge in [-0.3, -0.25) is 9.79 Å². The van der Waals surface area contributed by atoms with E-state index in [1.54, 1.807) is 18.7 Å². The van der Waals surface area contributed by atoms with Gasteiger partial charge in [-0.1, -0.05) is 31.2 Å². The minimum atomic E-state index is -0.257. The van der Waals surface area contributed by atoms with Crippen molar-refractivity contribution in [2.45, 2.75) is 58.4 Å². The fourth-order valence-corrected chi connectivity index (χ4v) is 5.55. The summed E-state index contributed by atoms with van der Waals surface area (Å²) < 4.78 is 5.15. The number of nitrogens with two attached hydrogens (primary N) is 1. The van der Waals surface area contributed by atoms with Gasteiger partial charge in [0.15, 0.2) is 16.8 Å². The quantitative estimate of drug-likeness (QED) is 0.808. The van der Waals surface area contributed by atoms with Gasteiger partial charge in [-0.2, -0.15) is 0 Å². The monoisotopic (exact) mass is 386 g/mol. The number of carbonyl (C=O) groups is 1. The minimum absolute atomic E-state index is 0.206.